The van der Waals surface area contributed by atoms with Gasteiger partial charge in [-0.3, -0.25) is 4.79 Å². The minimum Gasteiger partial charge on any atom is -0.465 e. The van der Waals surface area contributed by atoms with Crippen LogP contribution in [-0.2, 0) is 21.6 Å². The molecule has 1 saturated heterocycles. The van der Waals surface area contributed by atoms with Crippen molar-refractivity contribution in [1.29, 1.82) is 0 Å². The van der Waals surface area contributed by atoms with Gasteiger partial charge in [0.15, 0.2) is 0 Å². The summed E-state index contributed by atoms with van der Waals surface area (Å²) in [4.78, 5) is 26.3. The Labute approximate surface area is 156 Å². The van der Waals surface area contributed by atoms with Crippen LogP contribution in [0.3, 0.4) is 0 Å². The first-order chi connectivity index (χ1) is 12.9. The summed E-state index contributed by atoms with van der Waals surface area (Å²) in [5.74, 6) is -0.899. The lowest BCUT2D eigenvalue weighted by Crippen LogP contribution is -2.43. The summed E-state index contributed by atoms with van der Waals surface area (Å²) in [6, 6.07) is 6.43. The lowest BCUT2D eigenvalue weighted by molar-refractivity contribution is 0.0588. The highest BCUT2D eigenvalue weighted by Crippen LogP contribution is 2.24. The molecule has 3 rings (SSSR count). The lowest BCUT2D eigenvalue weighted by Gasteiger charge is -2.31. The Morgan fingerprint density at radius 1 is 1.15 bits per heavy atom. The van der Waals surface area contributed by atoms with Crippen LogP contribution in [0, 0.1) is 0 Å². The number of amides is 1. The molecule has 2 heterocycles. The Hall–Kier alpha value is -2.75. The van der Waals surface area contributed by atoms with Gasteiger partial charge in [-0.05, 0) is 25.0 Å². The van der Waals surface area contributed by atoms with Crippen LogP contribution < -0.4 is 0 Å². The van der Waals surface area contributed by atoms with Gasteiger partial charge in [-0.25, -0.2) is 13.2 Å². The van der Waals surface area contributed by atoms with Crippen molar-refractivity contribution >= 4 is 21.7 Å². The van der Waals surface area contributed by atoms with Crippen LogP contribution in [0.5, 0.6) is 0 Å². The third kappa shape index (κ3) is 3.57. The van der Waals surface area contributed by atoms with Crippen molar-refractivity contribution in [3.63, 3.8) is 0 Å². The van der Waals surface area contributed by atoms with E-state index in [0.717, 1.165) is 0 Å². The van der Waals surface area contributed by atoms with E-state index in [-0.39, 0.29) is 35.3 Å². The molecule has 0 saturated carbocycles. The number of rotatable bonds is 4. The number of hydrogen-bond acceptors (Lipinski definition) is 7. The fourth-order valence-electron chi connectivity index (χ4n) is 3.18. The molecule has 0 atom stereocenters. The first kappa shape index (κ1) is 19.0. The minimum atomic E-state index is -3.61. The largest absolute Gasteiger partial charge is 0.465 e. The lowest BCUT2D eigenvalue weighted by atomic mass is 10.0. The standard InChI is InChI=1S/C17H20N4O5S/c1-20-11-18-19-17(20)27(24,25)12-7-9-21(10-8-12)15(22)13-5-3-4-6-14(13)16(23)26-2/h3-6,11-12H,7-10H2,1-2H3. The second kappa shape index (κ2) is 7.47. The summed E-state index contributed by atoms with van der Waals surface area (Å²) < 4.78 is 31.5. The topological polar surface area (TPSA) is 111 Å². The van der Waals surface area contributed by atoms with E-state index in [1.807, 2.05) is 0 Å². The van der Waals surface area contributed by atoms with E-state index in [4.69, 9.17) is 4.74 Å². The second-order valence-corrected chi connectivity index (χ2v) is 8.42. The fraction of sp³-hybridized carbons (Fsp3) is 0.412. The number of esters is 1. The van der Waals surface area contributed by atoms with Crippen molar-refractivity contribution in [3.05, 3.63) is 41.7 Å². The Bertz CT molecular complexity index is 961. The second-order valence-electron chi connectivity index (χ2n) is 6.30. The molecule has 1 aliphatic rings. The molecule has 1 aromatic heterocycles. The maximum Gasteiger partial charge on any atom is 0.338 e. The van der Waals surface area contributed by atoms with Gasteiger partial charge in [0.05, 0.1) is 23.5 Å². The molecule has 0 aliphatic carbocycles. The number of carbonyl (C=O) groups excluding carboxylic acids is 2. The van der Waals surface area contributed by atoms with Crippen LogP contribution in [0.1, 0.15) is 33.6 Å². The highest BCUT2D eigenvalue weighted by atomic mass is 32.2. The first-order valence-corrected chi connectivity index (χ1v) is 9.95. The molecule has 1 fully saturated rings. The van der Waals surface area contributed by atoms with Gasteiger partial charge in [0, 0.05) is 20.1 Å². The van der Waals surface area contributed by atoms with E-state index < -0.39 is 21.1 Å². The molecule has 1 amide bonds. The van der Waals surface area contributed by atoms with Gasteiger partial charge in [0.1, 0.15) is 6.33 Å². The van der Waals surface area contributed by atoms with Crippen molar-refractivity contribution in [2.75, 3.05) is 20.2 Å². The SMILES string of the molecule is COC(=O)c1ccccc1C(=O)N1CCC(S(=O)(=O)c2nncn2C)CC1. The maximum absolute atomic E-state index is 12.8. The van der Waals surface area contributed by atoms with Gasteiger partial charge < -0.3 is 14.2 Å². The Morgan fingerprint density at radius 3 is 2.33 bits per heavy atom. The third-order valence-electron chi connectivity index (χ3n) is 4.66. The molecule has 1 aromatic carbocycles. The highest BCUT2D eigenvalue weighted by Gasteiger charge is 2.36. The third-order valence-corrected chi connectivity index (χ3v) is 6.88. The Morgan fingerprint density at radius 2 is 1.78 bits per heavy atom. The molecule has 10 heteroatoms. The van der Waals surface area contributed by atoms with Crippen LogP contribution >= 0.6 is 0 Å². The summed E-state index contributed by atoms with van der Waals surface area (Å²) in [5.41, 5.74) is 0.442. The van der Waals surface area contributed by atoms with E-state index in [1.54, 1.807) is 30.1 Å². The smallest absolute Gasteiger partial charge is 0.338 e. The van der Waals surface area contributed by atoms with Gasteiger partial charge in [-0.15, -0.1) is 10.2 Å². The van der Waals surface area contributed by atoms with Gasteiger partial charge >= 0.3 is 5.97 Å². The van der Waals surface area contributed by atoms with Gasteiger partial charge in [0.2, 0.25) is 15.0 Å². The summed E-state index contributed by atoms with van der Waals surface area (Å²) in [7, 11) is -0.776. The van der Waals surface area contributed by atoms with Gasteiger partial charge in [-0.2, -0.15) is 0 Å². The van der Waals surface area contributed by atoms with E-state index in [1.165, 1.54) is 24.1 Å². The molecule has 0 N–H and O–H groups in total. The fourth-order valence-corrected chi connectivity index (χ4v) is 4.92. The summed E-state index contributed by atoms with van der Waals surface area (Å²) >= 11 is 0. The summed E-state index contributed by atoms with van der Waals surface area (Å²) in [6.07, 6.45) is 1.93. The molecular weight excluding hydrogens is 372 g/mol. The number of likely N-dealkylation sites (tertiary alicyclic amines) is 1. The number of carbonyl (C=O) groups is 2. The number of hydrogen-bond donors (Lipinski definition) is 0. The van der Waals surface area contributed by atoms with E-state index in [9.17, 15) is 18.0 Å². The zero-order valence-electron chi connectivity index (χ0n) is 15.0. The molecule has 0 radical (unpaired) electrons. The van der Waals surface area contributed by atoms with Crippen LogP contribution in [0.4, 0.5) is 0 Å². The molecule has 0 bridgehead atoms. The highest BCUT2D eigenvalue weighted by molar-refractivity contribution is 7.91. The van der Waals surface area contributed by atoms with Crippen LogP contribution in [0.15, 0.2) is 35.7 Å². The average Bonchev–Trinajstić information content (AvgIpc) is 3.13. The van der Waals surface area contributed by atoms with Crippen molar-refractivity contribution in [3.8, 4) is 0 Å². The number of methoxy groups -OCH3 is 1. The number of nitrogens with zero attached hydrogens (tertiary/aromatic N) is 4. The quantitative estimate of drug-likeness (QED) is 0.703. The van der Waals surface area contributed by atoms with E-state index >= 15 is 0 Å². The van der Waals surface area contributed by atoms with E-state index in [0.29, 0.717) is 12.8 Å². The molecular formula is C17H20N4O5S. The molecule has 0 spiro atoms. The number of aromatic nitrogens is 3. The normalized spacial score (nSPS) is 15.6. The Balaban J connectivity index is 1.74. The van der Waals surface area contributed by atoms with E-state index in [2.05, 4.69) is 10.2 Å². The predicted molar refractivity (Wildman–Crippen MR) is 94.9 cm³/mol. The van der Waals surface area contributed by atoms with Crippen LogP contribution in [0.25, 0.3) is 0 Å². The van der Waals surface area contributed by atoms with Crippen LogP contribution in [-0.4, -0.2) is 65.4 Å². The number of aryl methyl sites for hydroxylation is 1. The summed E-state index contributed by atoms with van der Waals surface area (Å²) in [6.45, 7) is 0.548. The van der Waals surface area contributed by atoms with Crippen molar-refractivity contribution in [2.45, 2.75) is 23.2 Å². The predicted octanol–water partition coefficient (Wildman–Crippen LogP) is 0.680. The molecule has 9 nitrogen and oxygen atoms in total. The molecule has 27 heavy (non-hydrogen) atoms. The average molecular weight is 392 g/mol. The Kier molecular flexibility index (Phi) is 5.26. The molecule has 144 valence electrons. The molecule has 1 aliphatic heterocycles. The monoisotopic (exact) mass is 392 g/mol. The number of benzene rings is 1. The van der Waals surface area contributed by atoms with Crippen LogP contribution in [0.2, 0.25) is 0 Å². The zero-order valence-corrected chi connectivity index (χ0v) is 15.8. The van der Waals surface area contributed by atoms with Crippen molar-refractivity contribution in [1.82, 2.24) is 19.7 Å². The number of sulfone groups is 1. The molecule has 2 aromatic rings. The van der Waals surface area contributed by atoms with Crippen molar-refractivity contribution < 1.29 is 22.7 Å². The minimum absolute atomic E-state index is 0.0664. The maximum atomic E-state index is 12.8. The summed E-state index contributed by atoms with van der Waals surface area (Å²) in [5, 5.41) is 6.63. The number of piperidine rings is 1. The van der Waals surface area contributed by atoms with Crippen molar-refractivity contribution in [2.24, 2.45) is 7.05 Å². The van der Waals surface area contributed by atoms with Gasteiger partial charge in [-0.1, -0.05) is 12.1 Å². The molecule has 0 unspecified atom stereocenters. The number of ether oxygens (including phenoxy) is 1. The first-order valence-electron chi connectivity index (χ1n) is 8.40. The zero-order chi connectivity index (χ0) is 19.6. The van der Waals surface area contributed by atoms with Gasteiger partial charge in [0.25, 0.3) is 5.91 Å².